The molecule has 4 atom stereocenters. The zero-order valence-electron chi connectivity index (χ0n) is 9.84. The van der Waals surface area contributed by atoms with Gasteiger partial charge in [0.2, 0.25) is 0 Å². The number of hydrogen-bond acceptors (Lipinski definition) is 3. The summed E-state index contributed by atoms with van der Waals surface area (Å²) in [6, 6.07) is 0. The van der Waals surface area contributed by atoms with Crippen LogP contribution in [0.1, 0.15) is 39.4 Å². The highest BCUT2D eigenvalue weighted by Crippen LogP contribution is 2.38. The van der Waals surface area contributed by atoms with Gasteiger partial charge >= 0.3 is 0 Å². The van der Waals surface area contributed by atoms with E-state index in [0.29, 0.717) is 17.9 Å². The molecule has 0 amide bonds. The maximum Gasteiger partial charge on any atom is 0.138 e. The summed E-state index contributed by atoms with van der Waals surface area (Å²) >= 11 is 0. The van der Waals surface area contributed by atoms with Crippen LogP contribution >= 0.6 is 0 Å². The van der Waals surface area contributed by atoms with E-state index in [9.17, 15) is 0 Å². The van der Waals surface area contributed by atoms with E-state index < -0.39 is 0 Å². The Labute approximate surface area is 90.7 Å². The molecule has 15 heavy (non-hydrogen) atoms. The van der Waals surface area contributed by atoms with Gasteiger partial charge in [-0.15, -0.1) is 10.2 Å². The fraction of sp³-hybridized carbons (Fsp3) is 0.818. The Hall–Kier alpha value is -0.900. The van der Waals surface area contributed by atoms with Crippen LogP contribution in [0.5, 0.6) is 0 Å². The monoisotopic (exact) mass is 209 g/mol. The number of hydrogen-bond donors (Lipinski definition) is 0. The number of nitrogens with zero attached hydrogens (tertiary/aromatic N) is 3. The molecule has 0 radical (unpaired) electrons. The number of aryl methyl sites for hydroxylation is 1. The lowest BCUT2D eigenvalue weighted by molar-refractivity contribution is 0.0551. The smallest absolute Gasteiger partial charge is 0.138 e. The van der Waals surface area contributed by atoms with E-state index in [1.807, 2.05) is 0 Å². The summed E-state index contributed by atoms with van der Waals surface area (Å²) < 4.78 is 7.94. The summed E-state index contributed by atoms with van der Waals surface area (Å²) in [5.41, 5.74) is 0. The number of aromatic nitrogens is 3. The lowest BCUT2D eigenvalue weighted by atomic mass is 9.89. The van der Waals surface area contributed by atoms with E-state index in [0.717, 1.165) is 12.4 Å². The Morgan fingerprint density at radius 3 is 2.60 bits per heavy atom. The molecule has 0 bridgehead atoms. The Morgan fingerprint density at radius 1 is 1.33 bits per heavy atom. The van der Waals surface area contributed by atoms with Gasteiger partial charge in [0.25, 0.3) is 0 Å². The molecule has 4 heteroatoms. The highest BCUT2D eigenvalue weighted by molar-refractivity contribution is 5.06. The van der Waals surface area contributed by atoms with Gasteiger partial charge in [0.15, 0.2) is 0 Å². The van der Waals surface area contributed by atoms with Crippen LogP contribution in [0, 0.1) is 5.92 Å². The SMILES string of the molecule is CCn1cnnc1C1C(C)OC(C)C1C. The minimum Gasteiger partial charge on any atom is -0.374 e. The zero-order valence-corrected chi connectivity index (χ0v) is 9.84. The predicted molar refractivity (Wildman–Crippen MR) is 57.6 cm³/mol. The maximum absolute atomic E-state index is 5.83. The molecule has 0 aliphatic carbocycles. The van der Waals surface area contributed by atoms with Crippen LogP contribution in [0.4, 0.5) is 0 Å². The molecule has 2 heterocycles. The maximum atomic E-state index is 5.83. The van der Waals surface area contributed by atoms with Crippen molar-refractivity contribution in [1.82, 2.24) is 14.8 Å². The van der Waals surface area contributed by atoms with Crippen molar-refractivity contribution in [3.63, 3.8) is 0 Å². The van der Waals surface area contributed by atoms with Crippen molar-refractivity contribution in [1.29, 1.82) is 0 Å². The topological polar surface area (TPSA) is 39.9 Å². The fourth-order valence-corrected chi connectivity index (χ4v) is 2.48. The molecular weight excluding hydrogens is 190 g/mol. The highest BCUT2D eigenvalue weighted by atomic mass is 16.5. The summed E-state index contributed by atoms with van der Waals surface area (Å²) in [5.74, 6) is 1.96. The third-order valence-corrected chi connectivity index (χ3v) is 3.53. The van der Waals surface area contributed by atoms with Crippen LogP contribution in [0.25, 0.3) is 0 Å². The first kappa shape index (κ1) is 10.6. The third-order valence-electron chi connectivity index (χ3n) is 3.53. The van der Waals surface area contributed by atoms with Gasteiger partial charge in [-0.25, -0.2) is 0 Å². The van der Waals surface area contributed by atoms with Crippen molar-refractivity contribution in [3.8, 4) is 0 Å². The molecule has 4 unspecified atom stereocenters. The standard InChI is InChI=1S/C11H19N3O/c1-5-14-6-12-13-11(14)10-7(2)8(3)15-9(10)4/h6-10H,5H2,1-4H3. The number of ether oxygens (including phenoxy) is 1. The van der Waals surface area contributed by atoms with Crippen molar-refractivity contribution in [2.24, 2.45) is 5.92 Å². The molecular formula is C11H19N3O. The van der Waals surface area contributed by atoms with Gasteiger partial charge < -0.3 is 9.30 Å². The van der Waals surface area contributed by atoms with Gasteiger partial charge in [-0.05, 0) is 26.7 Å². The molecule has 4 nitrogen and oxygen atoms in total. The molecule has 0 N–H and O–H groups in total. The van der Waals surface area contributed by atoms with Crippen molar-refractivity contribution in [2.75, 3.05) is 0 Å². The first-order valence-corrected chi connectivity index (χ1v) is 5.68. The normalized spacial score (nSPS) is 36.0. The van der Waals surface area contributed by atoms with E-state index >= 15 is 0 Å². The Kier molecular flexibility index (Phi) is 2.78. The van der Waals surface area contributed by atoms with Gasteiger partial charge in [-0.3, -0.25) is 0 Å². The third kappa shape index (κ3) is 1.67. The molecule has 84 valence electrons. The van der Waals surface area contributed by atoms with E-state index in [-0.39, 0.29) is 6.10 Å². The molecule has 0 saturated carbocycles. The van der Waals surface area contributed by atoms with Gasteiger partial charge in [0, 0.05) is 6.54 Å². The van der Waals surface area contributed by atoms with Crippen LogP contribution in [0.2, 0.25) is 0 Å². The number of rotatable bonds is 2. The van der Waals surface area contributed by atoms with Crippen LogP contribution in [0.15, 0.2) is 6.33 Å². The molecule has 0 aromatic carbocycles. The van der Waals surface area contributed by atoms with Gasteiger partial charge in [-0.1, -0.05) is 6.92 Å². The molecule has 0 spiro atoms. The van der Waals surface area contributed by atoms with Crippen molar-refractivity contribution < 1.29 is 4.74 Å². The van der Waals surface area contributed by atoms with Gasteiger partial charge in [0.05, 0.1) is 18.1 Å². The summed E-state index contributed by atoms with van der Waals surface area (Å²) in [5, 5.41) is 8.23. The second kappa shape index (κ2) is 3.93. The van der Waals surface area contributed by atoms with Gasteiger partial charge in [0.1, 0.15) is 12.2 Å². The molecule has 1 saturated heterocycles. The Morgan fingerprint density at radius 2 is 2.07 bits per heavy atom. The molecule has 1 aromatic rings. The average molecular weight is 209 g/mol. The van der Waals surface area contributed by atoms with Crippen LogP contribution in [-0.2, 0) is 11.3 Å². The first-order valence-electron chi connectivity index (χ1n) is 5.68. The highest BCUT2D eigenvalue weighted by Gasteiger charge is 2.40. The molecule has 1 aromatic heterocycles. The summed E-state index contributed by atoms with van der Waals surface area (Å²) in [6.45, 7) is 9.52. The average Bonchev–Trinajstić information content (AvgIpc) is 2.73. The summed E-state index contributed by atoms with van der Waals surface area (Å²) in [6.07, 6.45) is 2.36. The molecule has 1 aliphatic heterocycles. The minimum absolute atomic E-state index is 0.240. The first-order chi connectivity index (χ1) is 7.15. The quantitative estimate of drug-likeness (QED) is 0.746. The Bertz CT molecular complexity index is 336. The largest absolute Gasteiger partial charge is 0.374 e. The van der Waals surface area contributed by atoms with Crippen LogP contribution in [0.3, 0.4) is 0 Å². The predicted octanol–water partition coefficient (Wildman–Crippen LogP) is 1.82. The second-order valence-electron chi connectivity index (χ2n) is 4.41. The van der Waals surface area contributed by atoms with Crippen molar-refractivity contribution in [3.05, 3.63) is 12.2 Å². The molecule has 1 aliphatic rings. The summed E-state index contributed by atoms with van der Waals surface area (Å²) in [4.78, 5) is 0. The van der Waals surface area contributed by atoms with Crippen molar-refractivity contribution >= 4 is 0 Å². The zero-order chi connectivity index (χ0) is 11.0. The van der Waals surface area contributed by atoms with Crippen LogP contribution in [-0.4, -0.2) is 27.0 Å². The van der Waals surface area contributed by atoms with E-state index in [2.05, 4.69) is 42.5 Å². The van der Waals surface area contributed by atoms with E-state index in [1.54, 1.807) is 6.33 Å². The minimum atomic E-state index is 0.240. The fourth-order valence-electron chi connectivity index (χ4n) is 2.48. The lowest BCUT2D eigenvalue weighted by Gasteiger charge is -2.17. The van der Waals surface area contributed by atoms with Gasteiger partial charge in [-0.2, -0.15) is 0 Å². The van der Waals surface area contributed by atoms with E-state index in [4.69, 9.17) is 4.74 Å². The molecule has 2 rings (SSSR count). The van der Waals surface area contributed by atoms with E-state index in [1.165, 1.54) is 0 Å². The lowest BCUT2D eigenvalue weighted by Crippen LogP contribution is -2.19. The molecule has 1 fully saturated rings. The summed E-state index contributed by atoms with van der Waals surface area (Å²) in [7, 11) is 0. The van der Waals surface area contributed by atoms with Crippen LogP contribution < -0.4 is 0 Å². The van der Waals surface area contributed by atoms with Crippen molar-refractivity contribution in [2.45, 2.75) is 52.4 Å². The second-order valence-corrected chi connectivity index (χ2v) is 4.41. The Balaban J connectivity index is 2.30.